The van der Waals surface area contributed by atoms with Gasteiger partial charge in [-0.15, -0.1) is 11.8 Å². The highest BCUT2D eigenvalue weighted by atomic mass is 35.5. The molecule has 2 aromatic carbocycles. The first-order valence-electron chi connectivity index (χ1n) is 6.32. The van der Waals surface area contributed by atoms with E-state index in [0.29, 0.717) is 16.3 Å². The Morgan fingerprint density at radius 1 is 1.24 bits per heavy atom. The fourth-order valence-corrected chi connectivity index (χ4v) is 2.69. The minimum atomic E-state index is -0.280. The highest BCUT2D eigenvalue weighted by Crippen LogP contribution is 2.26. The van der Waals surface area contributed by atoms with Crippen molar-refractivity contribution in [2.75, 3.05) is 5.32 Å². The number of carbonyl (C=O) groups excluding carboxylic acids is 1. The van der Waals surface area contributed by atoms with Gasteiger partial charge in [-0.1, -0.05) is 23.7 Å². The Kier molecular flexibility index (Phi) is 5.26. The summed E-state index contributed by atoms with van der Waals surface area (Å²) in [6.45, 7) is 1.82. The van der Waals surface area contributed by atoms with E-state index in [1.807, 2.05) is 19.1 Å². The van der Waals surface area contributed by atoms with Gasteiger partial charge in [-0.2, -0.15) is 5.26 Å². The SMILES string of the molecule is CC(Sc1ccc(Cl)cc1)C(=O)Nc1ccccc1C#N. The van der Waals surface area contributed by atoms with Crippen LogP contribution in [0.5, 0.6) is 0 Å². The zero-order chi connectivity index (χ0) is 15.2. The van der Waals surface area contributed by atoms with E-state index in [4.69, 9.17) is 16.9 Å². The van der Waals surface area contributed by atoms with Gasteiger partial charge in [0.1, 0.15) is 6.07 Å². The molecule has 1 amide bonds. The van der Waals surface area contributed by atoms with Crippen molar-refractivity contribution < 1.29 is 4.79 Å². The minimum Gasteiger partial charge on any atom is -0.324 e. The molecule has 106 valence electrons. The molecule has 0 radical (unpaired) electrons. The molecule has 0 aliphatic rings. The number of carbonyl (C=O) groups is 1. The van der Waals surface area contributed by atoms with Crippen LogP contribution in [0.2, 0.25) is 5.02 Å². The maximum absolute atomic E-state index is 12.2. The number of nitrogens with one attached hydrogen (secondary N) is 1. The summed E-state index contributed by atoms with van der Waals surface area (Å²) in [5, 5.41) is 12.2. The molecule has 5 heteroatoms. The zero-order valence-corrected chi connectivity index (χ0v) is 12.9. The molecule has 1 N–H and O–H groups in total. The number of amides is 1. The van der Waals surface area contributed by atoms with Gasteiger partial charge in [0.15, 0.2) is 0 Å². The summed E-state index contributed by atoms with van der Waals surface area (Å²) in [5.74, 6) is -0.141. The second-order valence-corrected chi connectivity index (χ2v) is 6.21. The molecule has 3 nitrogen and oxygen atoms in total. The van der Waals surface area contributed by atoms with Crippen LogP contribution < -0.4 is 5.32 Å². The van der Waals surface area contributed by atoms with Crippen molar-refractivity contribution in [2.45, 2.75) is 17.1 Å². The van der Waals surface area contributed by atoms with Crippen molar-refractivity contribution in [3.63, 3.8) is 0 Å². The first-order chi connectivity index (χ1) is 10.1. The fraction of sp³-hybridized carbons (Fsp3) is 0.125. The van der Waals surface area contributed by atoms with Crippen LogP contribution in [0.25, 0.3) is 0 Å². The van der Waals surface area contributed by atoms with E-state index in [2.05, 4.69) is 11.4 Å². The van der Waals surface area contributed by atoms with E-state index in [-0.39, 0.29) is 11.2 Å². The quantitative estimate of drug-likeness (QED) is 0.854. The van der Waals surface area contributed by atoms with Gasteiger partial charge in [-0.3, -0.25) is 4.79 Å². The maximum atomic E-state index is 12.2. The normalized spacial score (nSPS) is 11.5. The summed E-state index contributed by atoms with van der Waals surface area (Å²) in [4.78, 5) is 13.2. The molecule has 0 heterocycles. The third-order valence-electron chi connectivity index (χ3n) is 2.80. The summed E-state index contributed by atoms with van der Waals surface area (Å²) in [6, 6.07) is 16.3. The van der Waals surface area contributed by atoms with Gasteiger partial charge in [0.25, 0.3) is 0 Å². The van der Waals surface area contributed by atoms with Gasteiger partial charge in [-0.25, -0.2) is 0 Å². The van der Waals surface area contributed by atoms with E-state index >= 15 is 0 Å². The lowest BCUT2D eigenvalue weighted by atomic mass is 10.2. The average molecular weight is 317 g/mol. The number of anilines is 1. The first kappa shape index (κ1) is 15.4. The summed E-state index contributed by atoms with van der Waals surface area (Å²) >= 11 is 7.27. The number of nitrogens with zero attached hydrogens (tertiary/aromatic N) is 1. The van der Waals surface area contributed by atoms with E-state index in [9.17, 15) is 4.79 Å². The van der Waals surface area contributed by atoms with Crippen molar-refractivity contribution in [3.05, 3.63) is 59.1 Å². The van der Waals surface area contributed by atoms with Crippen LogP contribution in [0, 0.1) is 11.3 Å². The van der Waals surface area contributed by atoms with Crippen molar-refractivity contribution in [1.29, 1.82) is 5.26 Å². The topological polar surface area (TPSA) is 52.9 Å². The molecule has 0 aromatic heterocycles. The van der Waals surface area contributed by atoms with Crippen LogP contribution in [-0.2, 0) is 4.79 Å². The van der Waals surface area contributed by atoms with Crippen LogP contribution in [0.15, 0.2) is 53.4 Å². The van der Waals surface area contributed by atoms with Gasteiger partial charge in [0.05, 0.1) is 16.5 Å². The Balaban J connectivity index is 2.03. The number of hydrogen-bond acceptors (Lipinski definition) is 3. The summed E-state index contributed by atoms with van der Waals surface area (Å²) < 4.78 is 0. The van der Waals surface area contributed by atoms with Crippen LogP contribution in [0.3, 0.4) is 0 Å². The summed E-state index contributed by atoms with van der Waals surface area (Å²) in [7, 11) is 0. The lowest BCUT2D eigenvalue weighted by molar-refractivity contribution is -0.115. The van der Waals surface area contributed by atoms with Gasteiger partial charge >= 0.3 is 0 Å². The summed E-state index contributed by atoms with van der Waals surface area (Å²) in [5.41, 5.74) is 0.989. The molecule has 1 atom stereocenters. The zero-order valence-electron chi connectivity index (χ0n) is 11.3. The molecule has 21 heavy (non-hydrogen) atoms. The second-order valence-electron chi connectivity index (χ2n) is 4.36. The van der Waals surface area contributed by atoms with Gasteiger partial charge in [-0.05, 0) is 43.3 Å². The summed E-state index contributed by atoms with van der Waals surface area (Å²) in [6.07, 6.45) is 0. The van der Waals surface area contributed by atoms with Crippen molar-refractivity contribution >= 4 is 35.0 Å². The predicted octanol–water partition coefficient (Wildman–Crippen LogP) is 4.33. The Labute approximate surface area is 132 Å². The van der Waals surface area contributed by atoms with Crippen LogP contribution >= 0.6 is 23.4 Å². The highest BCUT2D eigenvalue weighted by molar-refractivity contribution is 8.00. The number of thioether (sulfide) groups is 1. The van der Waals surface area contributed by atoms with Crippen molar-refractivity contribution in [1.82, 2.24) is 0 Å². The lowest BCUT2D eigenvalue weighted by Gasteiger charge is -2.12. The van der Waals surface area contributed by atoms with Crippen molar-refractivity contribution in [2.24, 2.45) is 0 Å². The largest absolute Gasteiger partial charge is 0.324 e. The number of benzene rings is 2. The molecule has 1 unspecified atom stereocenters. The number of hydrogen-bond donors (Lipinski definition) is 1. The molecule has 0 bridgehead atoms. The van der Waals surface area contributed by atoms with Crippen LogP contribution in [0.1, 0.15) is 12.5 Å². The third kappa shape index (κ3) is 4.25. The number of halogens is 1. The average Bonchev–Trinajstić information content (AvgIpc) is 2.50. The van der Waals surface area contributed by atoms with E-state index in [1.54, 1.807) is 36.4 Å². The van der Waals surface area contributed by atoms with E-state index in [0.717, 1.165) is 4.90 Å². The monoisotopic (exact) mass is 316 g/mol. The van der Waals surface area contributed by atoms with Crippen molar-refractivity contribution in [3.8, 4) is 6.07 Å². The predicted molar refractivity (Wildman–Crippen MR) is 86.6 cm³/mol. The molecule has 0 saturated heterocycles. The second kappa shape index (κ2) is 7.16. The molecular weight excluding hydrogens is 304 g/mol. The van der Waals surface area contributed by atoms with E-state index < -0.39 is 0 Å². The molecule has 0 aliphatic heterocycles. The first-order valence-corrected chi connectivity index (χ1v) is 7.58. The smallest absolute Gasteiger partial charge is 0.237 e. The van der Waals surface area contributed by atoms with Gasteiger partial charge in [0, 0.05) is 9.92 Å². The molecule has 2 aromatic rings. The molecule has 0 fully saturated rings. The Bertz CT molecular complexity index is 679. The molecule has 0 saturated carbocycles. The number of para-hydroxylation sites is 1. The Morgan fingerprint density at radius 3 is 2.57 bits per heavy atom. The standard InChI is InChI=1S/C16H13ClN2OS/c1-11(21-14-8-6-13(17)7-9-14)16(20)19-15-5-3-2-4-12(15)10-18/h2-9,11H,1H3,(H,19,20). The highest BCUT2D eigenvalue weighted by Gasteiger charge is 2.15. The number of nitriles is 1. The maximum Gasteiger partial charge on any atom is 0.237 e. The minimum absolute atomic E-state index is 0.141. The number of rotatable bonds is 4. The molecular formula is C16H13ClN2OS. The molecule has 2 rings (SSSR count). The Hall–Kier alpha value is -1.96. The Morgan fingerprint density at radius 2 is 1.90 bits per heavy atom. The van der Waals surface area contributed by atoms with Crippen LogP contribution in [-0.4, -0.2) is 11.2 Å². The fourth-order valence-electron chi connectivity index (χ4n) is 1.69. The van der Waals surface area contributed by atoms with Crippen LogP contribution in [0.4, 0.5) is 5.69 Å². The molecule has 0 spiro atoms. The third-order valence-corrected chi connectivity index (χ3v) is 4.17. The van der Waals surface area contributed by atoms with Gasteiger partial charge < -0.3 is 5.32 Å². The lowest BCUT2D eigenvalue weighted by Crippen LogP contribution is -2.22. The van der Waals surface area contributed by atoms with E-state index in [1.165, 1.54) is 11.8 Å². The van der Waals surface area contributed by atoms with Gasteiger partial charge in [0.2, 0.25) is 5.91 Å². The molecule has 0 aliphatic carbocycles.